The normalized spacial score (nSPS) is 17.6. The van der Waals surface area contributed by atoms with Crippen LogP contribution in [0.4, 0.5) is 0 Å². The van der Waals surface area contributed by atoms with Gasteiger partial charge in [-0.15, -0.1) is 0 Å². The molecule has 0 bridgehead atoms. The Kier molecular flexibility index (Phi) is 4.24. The van der Waals surface area contributed by atoms with Gasteiger partial charge in [-0.3, -0.25) is 4.79 Å². The van der Waals surface area contributed by atoms with Gasteiger partial charge >= 0.3 is 0 Å². The first kappa shape index (κ1) is 15.8. The minimum absolute atomic E-state index is 0.118. The van der Waals surface area contributed by atoms with E-state index in [1.165, 1.54) is 0 Å². The molecule has 1 saturated heterocycles. The Morgan fingerprint density at radius 2 is 2.04 bits per heavy atom. The Labute approximate surface area is 146 Å². The molecule has 5 heteroatoms. The van der Waals surface area contributed by atoms with Gasteiger partial charge < -0.3 is 14.7 Å². The van der Waals surface area contributed by atoms with Crippen LogP contribution in [0.3, 0.4) is 0 Å². The number of nitrogens with zero attached hydrogens (tertiary/aromatic N) is 1. The monoisotopic (exact) mass is 335 g/mol. The van der Waals surface area contributed by atoms with Crippen molar-refractivity contribution in [3.05, 3.63) is 64.3 Å². The molecule has 1 fully saturated rings. The predicted molar refractivity (Wildman–Crippen MR) is 97.6 cm³/mol. The molecule has 1 atom stereocenters. The minimum Gasteiger partial charge on any atom is -0.461 e. The van der Waals surface area contributed by atoms with Crippen LogP contribution in [0.1, 0.15) is 30.2 Å². The van der Waals surface area contributed by atoms with E-state index in [9.17, 15) is 4.79 Å². The molecule has 1 aliphatic heterocycles. The molecule has 5 nitrogen and oxygen atoms in total. The van der Waals surface area contributed by atoms with Crippen molar-refractivity contribution in [2.45, 2.75) is 25.7 Å². The van der Waals surface area contributed by atoms with Gasteiger partial charge in [0.1, 0.15) is 17.3 Å². The van der Waals surface area contributed by atoms with Crippen LogP contribution < -0.4 is 10.9 Å². The number of piperidine rings is 1. The summed E-state index contributed by atoms with van der Waals surface area (Å²) in [6, 6.07) is 13.5. The standard InChI is InChI=1S/C20H21N3O2/c1-13-16(10-18(25-13)14-6-3-2-4-7-14)20-22-17(11-19(24)23-20)15-8-5-9-21-12-15/h2-4,6-7,10-11,15,21H,5,8-9,12H2,1H3,(H,22,23,24)/t15-/m1/s1. The van der Waals surface area contributed by atoms with E-state index in [-0.39, 0.29) is 11.5 Å². The van der Waals surface area contributed by atoms with Gasteiger partial charge in [-0.2, -0.15) is 0 Å². The van der Waals surface area contributed by atoms with Crippen LogP contribution >= 0.6 is 0 Å². The lowest BCUT2D eigenvalue weighted by Crippen LogP contribution is -2.29. The summed E-state index contributed by atoms with van der Waals surface area (Å²) in [5, 5.41) is 3.38. The van der Waals surface area contributed by atoms with Crippen LogP contribution in [-0.2, 0) is 0 Å². The van der Waals surface area contributed by atoms with Gasteiger partial charge in [0.25, 0.3) is 5.56 Å². The van der Waals surface area contributed by atoms with Gasteiger partial charge in [-0.05, 0) is 32.4 Å². The van der Waals surface area contributed by atoms with Crippen molar-refractivity contribution in [2.75, 3.05) is 13.1 Å². The fourth-order valence-electron chi connectivity index (χ4n) is 3.38. The van der Waals surface area contributed by atoms with Crippen molar-refractivity contribution in [2.24, 2.45) is 0 Å². The van der Waals surface area contributed by atoms with Gasteiger partial charge in [0.05, 0.1) is 11.3 Å². The number of aromatic amines is 1. The Balaban J connectivity index is 1.73. The molecule has 0 amide bonds. The lowest BCUT2D eigenvalue weighted by molar-refractivity contribution is 0.454. The summed E-state index contributed by atoms with van der Waals surface area (Å²) in [6.07, 6.45) is 2.17. The molecule has 0 radical (unpaired) electrons. The second kappa shape index (κ2) is 6.69. The summed E-state index contributed by atoms with van der Waals surface area (Å²) < 4.78 is 5.91. The zero-order valence-electron chi connectivity index (χ0n) is 14.2. The Bertz CT molecular complexity index is 922. The van der Waals surface area contributed by atoms with E-state index in [4.69, 9.17) is 9.40 Å². The fourth-order valence-corrected chi connectivity index (χ4v) is 3.38. The average Bonchev–Trinajstić information content (AvgIpc) is 3.04. The minimum atomic E-state index is -0.118. The first-order valence-electron chi connectivity index (χ1n) is 8.69. The van der Waals surface area contributed by atoms with Gasteiger partial charge in [0.2, 0.25) is 0 Å². The maximum absolute atomic E-state index is 12.2. The van der Waals surface area contributed by atoms with Gasteiger partial charge in [0.15, 0.2) is 0 Å². The summed E-state index contributed by atoms with van der Waals surface area (Å²) in [7, 11) is 0. The number of hydrogen-bond acceptors (Lipinski definition) is 4. The molecule has 1 aliphatic rings. The topological polar surface area (TPSA) is 70.9 Å². The number of furan rings is 1. The van der Waals surface area contributed by atoms with Crippen LogP contribution in [0, 0.1) is 6.92 Å². The van der Waals surface area contributed by atoms with E-state index >= 15 is 0 Å². The highest BCUT2D eigenvalue weighted by atomic mass is 16.3. The molecular weight excluding hydrogens is 314 g/mol. The second-order valence-electron chi connectivity index (χ2n) is 6.51. The Hall–Kier alpha value is -2.66. The lowest BCUT2D eigenvalue weighted by Gasteiger charge is -2.22. The number of benzene rings is 1. The molecule has 0 aliphatic carbocycles. The van der Waals surface area contributed by atoms with Crippen molar-refractivity contribution in [3.63, 3.8) is 0 Å². The summed E-state index contributed by atoms with van der Waals surface area (Å²) >= 11 is 0. The quantitative estimate of drug-likeness (QED) is 0.769. The van der Waals surface area contributed by atoms with E-state index < -0.39 is 0 Å². The molecule has 0 unspecified atom stereocenters. The van der Waals surface area contributed by atoms with Crippen molar-refractivity contribution >= 4 is 0 Å². The molecular formula is C20H21N3O2. The van der Waals surface area contributed by atoms with E-state index in [0.717, 1.165) is 54.3 Å². The molecule has 3 aromatic rings. The molecule has 4 rings (SSSR count). The highest BCUT2D eigenvalue weighted by molar-refractivity contribution is 5.68. The average molecular weight is 335 g/mol. The lowest BCUT2D eigenvalue weighted by atomic mass is 9.96. The molecule has 3 heterocycles. The maximum Gasteiger partial charge on any atom is 0.251 e. The maximum atomic E-state index is 12.2. The second-order valence-corrected chi connectivity index (χ2v) is 6.51. The Morgan fingerprint density at radius 3 is 2.80 bits per heavy atom. The van der Waals surface area contributed by atoms with Crippen molar-refractivity contribution < 1.29 is 4.42 Å². The zero-order chi connectivity index (χ0) is 17.2. The zero-order valence-corrected chi connectivity index (χ0v) is 14.2. The smallest absolute Gasteiger partial charge is 0.251 e. The number of nitrogens with one attached hydrogen (secondary N) is 2. The van der Waals surface area contributed by atoms with E-state index in [2.05, 4.69) is 10.3 Å². The number of rotatable bonds is 3. The first-order chi connectivity index (χ1) is 12.2. The molecule has 25 heavy (non-hydrogen) atoms. The van der Waals surface area contributed by atoms with Crippen LogP contribution in [0.2, 0.25) is 0 Å². The Morgan fingerprint density at radius 1 is 1.20 bits per heavy atom. The predicted octanol–water partition coefficient (Wildman–Crippen LogP) is 3.47. The number of hydrogen-bond donors (Lipinski definition) is 2. The third-order valence-corrected chi connectivity index (χ3v) is 4.71. The van der Waals surface area contributed by atoms with Crippen molar-refractivity contribution in [3.8, 4) is 22.7 Å². The molecule has 0 saturated carbocycles. The number of H-pyrrole nitrogens is 1. The van der Waals surface area contributed by atoms with Gasteiger partial charge in [0, 0.05) is 24.1 Å². The highest BCUT2D eigenvalue weighted by Gasteiger charge is 2.19. The third-order valence-electron chi connectivity index (χ3n) is 4.71. The molecule has 2 N–H and O–H groups in total. The third kappa shape index (κ3) is 3.28. The largest absolute Gasteiger partial charge is 0.461 e. The highest BCUT2D eigenvalue weighted by Crippen LogP contribution is 2.31. The van der Waals surface area contributed by atoms with Crippen LogP contribution in [0.25, 0.3) is 22.7 Å². The number of aryl methyl sites for hydroxylation is 1. The molecule has 2 aromatic heterocycles. The van der Waals surface area contributed by atoms with E-state index in [1.807, 2.05) is 43.3 Å². The summed E-state index contributed by atoms with van der Waals surface area (Å²) in [4.78, 5) is 19.8. The summed E-state index contributed by atoms with van der Waals surface area (Å²) in [5.74, 6) is 2.40. The van der Waals surface area contributed by atoms with Gasteiger partial charge in [-0.25, -0.2) is 4.98 Å². The molecule has 128 valence electrons. The SMILES string of the molecule is Cc1oc(-c2ccccc2)cc1-c1nc([C@@H]2CCCNC2)cc(=O)[nH]1. The van der Waals surface area contributed by atoms with Crippen LogP contribution in [0.15, 0.2) is 51.7 Å². The van der Waals surface area contributed by atoms with Crippen LogP contribution in [0.5, 0.6) is 0 Å². The molecule has 1 aromatic carbocycles. The van der Waals surface area contributed by atoms with Crippen molar-refractivity contribution in [1.29, 1.82) is 0 Å². The summed E-state index contributed by atoms with van der Waals surface area (Å²) in [6.45, 7) is 3.81. The van der Waals surface area contributed by atoms with E-state index in [0.29, 0.717) is 5.82 Å². The first-order valence-corrected chi connectivity index (χ1v) is 8.69. The summed E-state index contributed by atoms with van der Waals surface area (Å²) in [5.41, 5.74) is 2.58. The molecule has 0 spiro atoms. The van der Waals surface area contributed by atoms with E-state index in [1.54, 1.807) is 6.07 Å². The van der Waals surface area contributed by atoms with Crippen LogP contribution in [-0.4, -0.2) is 23.1 Å². The fraction of sp³-hybridized carbons (Fsp3) is 0.300. The van der Waals surface area contributed by atoms with Gasteiger partial charge in [-0.1, -0.05) is 30.3 Å². The number of aromatic nitrogens is 2. The van der Waals surface area contributed by atoms with Crippen molar-refractivity contribution in [1.82, 2.24) is 15.3 Å².